The normalized spacial score (nSPS) is 21.8. The minimum atomic E-state index is -0.296. The van der Waals surface area contributed by atoms with E-state index in [2.05, 4.69) is 32.2 Å². The smallest absolute Gasteiger partial charge is 0.237 e. The van der Waals surface area contributed by atoms with Crippen LogP contribution in [0.4, 0.5) is 15.8 Å². The highest BCUT2D eigenvalue weighted by Gasteiger charge is 2.39. The molecule has 1 aromatic rings. The Hall–Kier alpha value is -3.74. The van der Waals surface area contributed by atoms with Gasteiger partial charge in [0, 0.05) is 36.3 Å². The van der Waals surface area contributed by atoms with Crippen LogP contribution in [0, 0.1) is 6.92 Å². The number of epoxide rings is 1. The van der Waals surface area contributed by atoms with Crippen LogP contribution in [0.15, 0.2) is 93.4 Å². The standard InChI is InChI=1S/C26H30FN5O/c1-6-13-28-14-11-20-12-15-29-26(31-20)32-23-16-21(9-7-18(23)4)30-25-24(33-25)22(17(2)3)10-8-19(5)27/h6-10,12-16,20,24H,2,11H2,1,3-5H3,(H2,29,31,32)/b13-6-,19-8+,22-10+,28-14?,30-25?. The molecule has 2 N–H and O–H groups in total. The van der Waals surface area contributed by atoms with Gasteiger partial charge in [0.05, 0.1) is 17.6 Å². The third kappa shape index (κ3) is 7.14. The van der Waals surface area contributed by atoms with Gasteiger partial charge in [-0.05, 0) is 57.5 Å². The third-order valence-electron chi connectivity index (χ3n) is 4.91. The lowest BCUT2D eigenvalue weighted by Gasteiger charge is -2.18. The first-order valence-electron chi connectivity index (χ1n) is 10.8. The molecule has 1 aromatic carbocycles. The van der Waals surface area contributed by atoms with E-state index in [0.29, 0.717) is 11.9 Å². The van der Waals surface area contributed by atoms with Crippen molar-refractivity contribution >= 4 is 29.4 Å². The van der Waals surface area contributed by atoms with Crippen LogP contribution in [0.1, 0.15) is 32.8 Å². The number of nitrogens with one attached hydrogen (secondary N) is 2. The van der Waals surface area contributed by atoms with Gasteiger partial charge < -0.3 is 15.4 Å². The van der Waals surface area contributed by atoms with Crippen LogP contribution >= 0.6 is 0 Å². The number of nitrogens with zero attached hydrogens (tertiary/aromatic N) is 3. The highest BCUT2D eigenvalue weighted by molar-refractivity contribution is 5.99. The van der Waals surface area contributed by atoms with Crippen molar-refractivity contribution in [2.24, 2.45) is 15.0 Å². The van der Waals surface area contributed by atoms with Crippen LogP contribution in [-0.2, 0) is 4.74 Å². The first-order valence-corrected chi connectivity index (χ1v) is 10.8. The second-order valence-electron chi connectivity index (χ2n) is 7.83. The number of benzene rings is 1. The number of aryl methyl sites for hydroxylation is 1. The Kier molecular flexibility index (Phi) is 8.13. The minimum Gasteiger partial charge on any atom is -0.459 e. The molecule has 3 rings (SSSR count). The summed E-state index contributed by atoms with van der Waals surface area (Å²) in [5.41, 5.74) is 4.33. The molecule has 6 nitrogen and oxygen atoms in total. The number of aliphatic imine (C=N–C) groups is 3. The van der Waals surface area contributed by atoms with Crippen molar-refractivity contribution in [2.75, 3.05) is 5.32 Å². The average Bonchev–Trinajstić information content (AvgIpc) is 3.52. The molecule has 0 spiro atoms. The molecule has 2 heterocycles. The maximum Gasteiger partial charge on any atom is 0.237 e. The number of halogens is 1. The number of anilines is 1. The van der Waals surface area contributed by atoms with Crippen molar-refractivity contribution < 1.29 is 9.13 Å². The molecule has 2 unspecified atom stereocenters. The fourth-order valence-electron chi connectivity index (χ4n) is 3.09. The van der Waals surface area contributed by atoms with Gasteiger partial charge in [-0.1, -0.05) is 30.4 Å². The summed E-state index contributed by atoms with van der Waals surface area (Å²) in [5, 5.41) is 6.49. The van der Waals surface area contributed by atoms with Gasteiger partial charge in [-0.2, -0.15) is 0 Å². The van der Waals surface area contributed by atoms with Gasteiger partial charge in [0.25, 0.3) is 0 Å². The molecule has 2 atom stereocenters. The van der Waals surface area contributed by atoms with Gasteiger partial charge in [-0.25, -0.2) is 14.4 Å². The molecule has 7 heteroatoms. The quantitative estimate of drug-likeness (QED) is 0.289. The van der Waals surface area contributed by atoms with Crippen molar-refractivity contribution in [3.63, 3.8) is 0 Å². The molecule has 0 bridgehead atoms. The zero-order valence-electron chi connectivity index (χ0n) is 19.5. The molecule has 1 saturated heterocycles. The van der Waals surface area contributed by atoms with E-state index in [-0.39, 0.29) is 18.0 Å². The van der Waals surface area contributed by atoms with Crippen LogP contribution in [0.2, 0.25) is 0 Å². The maximum absolute atomic E-state index is 13.1. The average molecular weight is 448 g/mol. The van der Waals surface area contributed by atoms with Gasteiger partial charge >= 0.3 is 0 Å². The van der Waals surface area contributed by atoms with Gasteiger partial charge in [0.1, 0.15) is 0 Å². The van der Waals surface area contributed by atoms with E-state index in [0.717, 1.165) is 34.5 Å². The number of rotatable bonds is 8. The summed E-state index contributed by atoms with van der Waals surface area (Å²) in [4.78, 5) is 13.5. The molecule has 0 amide bonds. The SMILES string of the molecule is C=C(C)/C(=C\C=C(/C)F)C1OC1=Nc1ccc(C)c(NC2=NC(CC=N/C=C\C)C=CN2)c1. The van der Waals surface area contributed by atoms with E-state index in [1.165, 1.54) is 13.0 Å². The molecule has 33 heavy (non-hydrogen) atoms. The second kappa shape index (κ2) is 11.2. The number of hydrogen-bond acceptors (Lipinski definition) is 6. The molecule has 2 aliphatic rings. The Balaban J connectivity index is 1.72. The molecular weight excluding hydrogens is 417 g/mol. The van der Waals surface area contributed by atoms with Crippen LogP contribution in [0.5, 0.6) is 0 Å². The molecular formula is C26H30FN5O. The first kappa shape index (κ1) is 23.9. The largest absolute Gasteiger partial charge is 0.459 e. The number of allylic oxidation sites excluding steroid dienone is 4. The monoisotopic (exact) mass is 447 g/mol. The summed E-state index contributed by atoms with van der Waals surface area (Å²) in [5.74, 6) is 0.973. The summed E-state index contributed by atoms with van der Waals surface area (Å²) in [6.45, 7) is 11.2. The van der Waals surface area contributed by atoms with Gasteiger partial charge in [-0.15, -0.1) is 0 Å². The van der Waals surface area contributed by atoms with Gasteiger partial charge in [0.15, 0.2) is 5.96 Å². The van der Waals surface area contributed by atoms with Crippen molar-refractivity contribution in [2.45, 2.75) is 46.3 Å². The highest BCUT2D eigenvalue weighted by atomic mass is 19.1. The van der Waals surface area contributed by atoms with Crippen LogP contribution in [0.3, 0.4) is 0 Å². The predicted octanol–water partition coefficient (Wildman–Crippen LogP) is 6.05. The maximum atomic E-state index is 13.1. The van der Waals surface area contributed by atoms with E-state index in [4.69, 9.17) is 4.74 Å². The molecule has 172 valence electrons. The van der Waals surface area contributed by atoms with Crippen molar-refractivity contribution in [1.82, 2.24) is 5.32 Å². The lowest BCUT2D eigenvalue weighted by molar-refractivity contribution is 0.484. The summed E-state index contributed by atoms with van der Waals surface area (Å²) < 4.78 is 18.8. The Labute approximate surface area is 194 Å². The number of ether oxygens (including phenoxy) is 1. The minimum absolute atomic E-state index is 0.0152. The molecule has 0 aliphatic carbocycles. The zero-order chi connectivity index (χ0) is 23.8. The fraction of sp³-hybridized carbons (Fsp3) is 0.269. The molecule has 1 fully saturated rings. The van der Waals surface area contributed by atoms with Crippen LogP contribution in [-0.4, -0.2) is 30.2 Å². The van der Waals surface area contributed by atoms with Crippen LogP contribution < -0.4 is 10.6 Å². The lowest BCUT2D eigenvalue weighted by atomic mass is 10.1. The Morgan fingerprint density at radius 1 is 1.33 bits per heavy atom. The van der Waals surface area contributed by atoms with Crippen molar-refractivity contribution in [3.05, 3.63) is 84.0 Å². The zero-order valence-corrected chi connectivity index (χ0v) is 19.5. The van der Waals surface area contributed by atoms with E-state index in [1.54, 1.807) is 12.3 Å². The lowest BCUT2D eigenvalue weighted by Crippen LogP contribution is -2.31. The fourth-order valence-corrected chi connectivity index (χ4v) is 3.09. The van der Waals surface area contributed by atoms with Gasteiger partial charge in [0.2, 0.25) is 12.0 Å². The van der Waals surface area contributed by atoms with E-state index in [1.807, 2.05) is 63.5 Å². The number of guanidine groups is 1. The summed E-state index contributed by atoms with van der Waals surface area (Å²) in [6.07, 6.45) is 12.9. The van der Waals surface area contributed by atoms with E-state index >= 15 is 0 Å². The molecule has 0 radical (unpaired) electrons. The van der Waals surface area contributed by atoms with E-state index < -0.39 is 0 Å². The Morgan fingerprint density at radius 3 is 2.88 bits per heavy atom. The third-order valence-corrected chi connectivity index (χ3v) is 4.91. The molecule has 0 aromatic heterocycles. The second-order valence-corrected chi connectivity index (χ2v) is 7.83. The first-order chi connectivity index (χ1) is 15.9. The summed E-state index contributed by atoms with van der Waals surface area (Å²) >= 11 is 0. The molecule has 0 saturated carbocycles. The van der Waals surface area contributed by atoms with E-state index in [9.17, 15) is 4.39 Å². The van der Waals surface area contributed by atoms with Crippen LogP contribution in [0.25, 0.3) is 0 Å². The topological polar surface area (TPSA) is 73.7 Å². The van der Waals surface area contributed by atoms with Crippen molar-refractivity contribution in [1.29, 1.82) is 0 Å². The summed E-state index contributed by atoms with van der Waals surface area (Å²) in [7, 11) is 0. The van der Waals surface area contributed by atoms with Crippen molar-refractivity contribution in [3.8, 4) is 0 Å². The van der Waals surface area contributed by atoms with Gasteiger partial charge in [-0.3, -0.25) is 4.99 Å². The Bertz CT molecular complexity index is 1100. The number of hydrogen-bond donors (Lipinski definition) is 2. The Morgan fingerprint density at radius 2 is 2.15 bits per heavy atom. The predicted molar refractivity (Wildman–Crippen MR) is 136 cm³/mol. The molecule has 2 aliphatic heterocycles. The summed E-state index contributed by atoms with van der Waals surface area (Å²) in [6, 6.07) is 5.88. The highest BCUT2D eigenvalue weighted by Crippen LogP contribution is 2.32.